The molecule has 3 rings (SSSR count). The van der Waals surface area contributed by atoms with E-state index in [2.05, 4.69) is 0 Å². The molecule has 0 aliphatic carbocycles. The molecule has 1 aromatic rings. The van der Waals surface area contributed by atoms with Gasteiger partial charge in [-0.25, -0.2) is 0 Å². The maximum Gasteiger partial charge on any atom is 0.494 e. The Morgan fingerprint density at radius 3 is 2.15 bits per heavy atom. The lowest BCUT2D eigenvalue weighted by molar-refractivity contribution is -0.0245. The van der Waals surface area contributed by atoms with E-state index < -0.39 is 0 Å². The second-order valence-corrected chi connectivity index (χ2v) is 6.13. The number of hydrogen-bond acceptors (Lipinski definition) is 4. The molecule has 0 radical (unpaired) electrons. The highest BCUT2D eigenvalue weighted by Crippen LogP contribution is 2.36. The first-order valence-electron chi connectivity index (χ1n) is 6.80. The maximum absolute atomic E-state index is 6.05. The Bertz CT molecular complexity index is 514. The van der Waals surface area contributed by atoms with E-state index in [-0.39, 0.29) is 24.6 Å². The van der Waals surface area contributed by atoms with Gasteiger partial charge in [0.15, 0.2) is 0 Å². The average molecular weight is 274 g/mol. The summed E-state index contributed by atoms with van der Waals surface area (Å²) in [6, 6.07) is 7.92. The summed E-state index contributed by atoms with van der Waals surface area (Å²) in [7, 11) is -0.366. The topological polar surface area (TPSA) is 36.9 Å². The minimum absolute atomic E-state index is 0.338. The molecule has 2 aliphatic rings. The normalized spacial score (nSPS) is 23.7. The predicted octanol–water partition coefficient (Wildman–Crippen LogP) is 2.50. The molecule has 2 heterocycles. The summed E-state index contributed by atoms with van der Waals surface area (Å²) >= 11 is 0. The third kappa shape index (κ3) is 2.21. The summed E-state index contributed by atoms with van der Waals surface area (Å²) in [6.07, 6.45) is 2.72. The molecule has 0 spiro atoms. The van der Waals surface area contributed by atoms with Crippen LogP contribution in [0.15, 0.2) is 36.8 Å². The van der Waals surface area contributed by atoms with Gasteiger partial charge in [0, 0.05) is 5.56 Å². The summed E-state index contributed by atoms with van der Waals surface area (Å²) in [6.45, 7) is 8.18. The Morgan fingerprint density at radius 1 is 0.950 bits per heavy atom. The van der Waals surface area contributed by atoms with Crippen LogP contribution in [0.5, 0.6) is 0 Å². The van der Waals surface area contributed by atoms with E-state index in [9.17, 15) is 0 Å². The van der Waals surface area contributed by atoms with Crippen LogP contribution in [0.1, 0.15) is 39.5 Å². The lowest BCUT2D eigenvalue weighted by Crippen LogP contribution is -2.41. The maximum atomic E-state index is 6.05. The highest BCUT2D eigenvalue weighted by Gasteiger charge is 2.51. The summed E-state index contributed by atoms with van der Waals surface area (Å²) in [5.41, 5.74) is 1.24. The molecule has 2 aliphatic heterocycles. The van der Waals surface area contributed by atoms with Crippen molar-refractivity contribution < 1.29 is 18.8 Å². The third-order valence-corrected chi connectivity index (χ3v) is 4.17. The van der Waals surface area contributed by atoms with Gasteiger partial charge in [-0.3, -0.25) is 0 Å². The van der Waals surface area contributed by atoms with Crippen LogP contribution < -0.4 is 5.46 Å². The van der Waals surface area contributed by atoms with Gasteiger partial charge in [-0.05, 0) is 33.2 Å². The molecule has 4 nitrogen and oxygen atoms in total. The zero-order valence-electron chi connectivity index (χ0n) is 12.3. The van der Waals surface area contributed by atoms with Gasteiger partial charge < -0.3 is 18.8 Å². The predicted molar refractivity (Wildman–Crippen MR) is 76.2 cm³/mol. The van der Waals surface area contributed by atoms with Crippen molar-refractivity contribution in [3.05, 3.63) is 42.4 Å². The second kappa shape index (κ2) is 4.53. The zero-order valence-corrected chi connectivity index (χ0v) is 12.3. The molecule has 0 unspecified atom stereocenters. The fourth-order valence-corrected chi connectivity index (χ4v) is 2.23. The van der Waals surface area contributed by atoms with Crippen LogP contribution in [0.2, 0.25) is 0 Å². The van der Waals surface area contributed by atoms with Crippen LogP contribution >= 0.6 is 0 Å². The van der Waals surface area contributed by atoms with E-state index in [0.29, 0.717) is 0 Å². The Morgan fingerprint density at radius 2 is 1.55 bits per heavy atom. The molecular formula is C15H19BO4. The van der Waals surface area contributed by atoms with Crippen molar-refractivity contribution in [2.75, 3.05) is 0 Å². The highest BCUT2D eigenvalue weighted by molar-refractivity contribution is 6.62. The van der Waals surface area contributed by atoms with Crippen LogP contribution in [0, 0.1) is 0 Å². The van der Waals surface area contributed by atoms with Gasteiger partial charge in [-0.1, -0.05) is 24.3 Å². The largest absolute Gasteiger partial charge is 0.494 e. The summed E-state index contributed by atoms with van der Waals surface area (Å²) in [4.78, 5) is 0. The molecule has 0 bridgehead atoms. The SMILES string of the molecule is CC1(C)OB(c2cccc(C3OC=CO3)c2)OC1(C)C. The molecular weight excluding hydrogens is 255 g/mol. The fraction of sp³-hybridized carbons (Fsp3) is 0.467. The molecule has 0 aromatic heterocycles. The Kier molecular flexibility index (Phi) is 3.07. The number of benzene rings is 1. The lowest BCUT2D eigenvalue weighted by Gasteiger charge is -2.32. The van der Waals surface area contributed by atoms with Gasteiger partial charge in [0.05, 0.1) is 11.2 Å². The lowest BCUT2D eigenvalue weighted by atomic mass is 9.78. The van der Waals surface area contributed by atoms with E-state index >= 15 is 0 Å². The molecule has 0 saturated carbocycles. The molecule has 106 valence electrons. The number of ether oxygens (including phenoxy) is 2. The number of rotatable bonds is 2. The quantitative estimate of drug-likeness (QED) is 0.776. The van der Waals surface area contributed by atoms with Crippen molar-refractivity contribution in [2.45, 2.75) is 45.2 Å². The Labute approximate surface area is 119 Å². The molecule has 0 atom stereocenters. The van der Waals surface area contributed by atoms with Crippen LogP contribution in [0.3, 0.4) is 0 Å². The zero-order chi connectivity index (χ0) is 14.4. The first-order valence-corrected chi connectivity index (χ1v) is 6.80. The first kappa shape index (κ1) is 13.5. The van der Waals surface area contributed by atoms with E-state index in [1.54, 1.807) is 12.5 Å². The van der Waals surface area contributed by atoms with Crippen LogP contribution in [0.25, 0.3) is 0 Å². The van der Waals surface area contributed by atoms with Crippen LogP contribution in [-0.4, -0.2) is 18.3 Å². The molecule has 1 aromatic carbocycles. The van der Waals surface area contributed by atoms with Crippen molar-refractivity contribution in [2.24, 2.45) is 0 Å². The minimum Gasteiger partial charge on any atom is -0.455 e. The average Bonchev–Trinajstić information content (AvgIpc) is 2.97. The van der Waals surface area contributed by atoms with Gasteiger partial charge >= 0.3 is 7.12 Å². The molecule has 0 N–H and O–H groups in total. The van der Waals surface area contributed by atoms with Gasteiger partial charge in [-0.2, -0.15) is 0 Å². The van der Waals surface area contributed by atoms with Crippen molar-refractivity contribution in [1.29, 1.82) is 0 Å². The van der Waals surface area contributed by atoms with Gasteiger partial charge in [0.1, 0.15) is 12.5 Å². The van der Waals surface area contributed by atoms with E-state index in [0.717, 1.165) is 11.0 Å². The molecule has 5 heteroatoms. The first-order chi connectivity index (χ1) is 9.39. The van der Waals surface area contributed by atoms with Gasteiger partial charge in [-0.15, -0.1) is 0 Å². The van der Waals surface area contributed by atoms with Crippen molar-refractivity contribution in [1.82, 2.24) is 0 Å². The monoisotopic (exact) mass is 274 g/mol. The standard InChI is InChI=1S/C15H19BO4/c1-14(2)15(3,4)20-16(19-14)12-7-5-6-11(10-12)13-17-8-9-18-13/h5-10,13H,1-4H3. The Balaban J connectivity index is 1.83. The third-order valence-electron chi connectivity index (χ3n) is 4.17. The van der Waals surface area contributed by atoms with Gasteiger partial charge in [0.25, 0.3) is 6.29 Å². The molecule has 1 saturated heterocycles. The van der Waals surface area contributed by atoms with E-state index in [1.165, 1.54) is 0 Å². The fourth-order valence-electron chi connectivity index (χ4n) is 2.23. The number of hydrogen-bond donors (Lipinski definition) is 0. The van der Waals surface area contributed by atoms with Crippen molar-refractivity contribution in [3.63, 3.8) is 0 Å². The van der Waals surface area contributed by atoms with Crippen molar-refractivity contribution >= 4 is 12.6 Å². The molecule has 20 heavy (non-hydrogen) atoms. The highest BCUT2D eigenvalue weighted by atomic mass is 16.7. The van der Waals surface area contributed by atoms with Crippen LogP contribution in [0.4, 0.5) is 0 Å². The molecule has 1 fully saturated rings. The summed E-state index contributed by atoms with van der Waals surface area (Å²) in [5, 5.41) is 0. The second-order valence-electron chi connectivity index (χ2n) is 6.13. The summed E-state index contributed by atoms with van der Waals surface area (Å²) in [5.74, 6) is 0. The van der Waals surface area contributed by atoms with E-state index in [1.807, 2.05) is 52.0 Å². The minimum atomic E-state index is -0.377. The smallest absolute Gasteiger partial charge is 0.455 e. The molecule has 0 amide bonds. The summed E-state index contributed by atoms with van der Waals surface area (Å²) < 4.78 is 22.8. The Hall–Kier alpha value is -1.46. The van der Waals surface area contributed by atoms with Gasteiger partial charge in [0.2, 0.25) is 0 Å². The van der Waals surface area contributed by atoms with Crippen LogP contribution in [-0.2, 0) is 18.8 Å². The van der Waals surface area contributed by atoms with Crippen molar-refractivity contribution in [3.8, 4) is 0 Å². The van der Waals surface area contributed by atoms with E-state index in [4.69, 9.17) is 18.8 Å².